The number of Topliss-reactive ketones (excluding diaryl/α,β-unsaturated/α-hetero) is 1. The predicted molar refractivity (Wildman–Crippen MR) is 134 cm³/mol. The zero-order valence-electron chi connectivity index (χ0n) is 19.7. The normalized spacial score (nSPS) is 17.7. The maximum atomic E-state index is 14.1. The molecular formula is C25H25Cl2F4NO3S. The van der Waals surface area contributed by atoms with Crippen molar-refractivity contribution in [2.75, 3.05) is 0 Å². The van der Waals surface area contributed by atoms with Crippen LogP contribution in [0, 0.1) is 5.82 Å². The van der Waals surface area contributed by atoms with E-state index >= 15 is 0 Å². The van der Waals surface area contributed by atoms with Gasteiger partial charge in [-0.15, -0.1) is 0 Å². The van der Waals surface area contributed by atoms with Crippen molar-refractivity contribution >= 4 is 47.7 Å². The van der Waals surface area contributed by atoms with Crippen molar-refractivity contribution in [1.82, 2.24) is 5.32 Å². The third-order valence-electron chi connectivity index (χ3n) is 5.82. The van der Waals surface area contributed by atoms with Crippen molar-refractivity contribution in [1.29, 1.82) is 0 Å². The number of rotatable bonds is 5. The first kappa shape index (κ1) is 28.6. The third-order valence-corrected chi connectivity index (χ3v) is 7.04. The number of carbonyl (C=O) groups excluding carboxylic acids is 2. The van der Waals surface area contributed by atoms with Crippen molar-refractivity contribution in [2.24, 2.45) is 0 Å². The zero-order valence-corrected chi connectivity index (χ0v) is 22.1. The van der Waals surface area contributed by atoms with E-state index in [1.165, 1.54) is 12.1 Å². The fourth-order valence-electron chi connectivity index (χ4n) is 4.08. The first-order chi connectivity index (χ1) is 16.5. The van der Waals surface area contributed by atoms with E-state index < -0.39 is 56.2 Å². The predicted octanol–water partition coefficient (Wildman–Crippen LogP) is 8.00. The molecular weight excluding hydrogens is 541 g/mol. The highest BCUT2D eigenvalue weighted by molar-refractivity contribution is 7.81. The van der Waals surface area contributed by atoms with E-state index in [0.717, 1.165) is 23.3 Å². The number of fused-ring (bicyclic) bond motifs is 1. The van der Waals surface area contributed by atoms with Gasteiger partial charge in [0.1, 0.15) is 10.3 Å². The number of alkyl carbamates (subject to hydrolysis) is 1. The van der Waals surface area contributed by atoms with Crippen LogP contribution in [0.25, 0.3) is 0 Å². The van der Waals surface area contributed by atoms with E-state index in [4.69, 9.17) is 27.9 Å². The Balaban J connectivity index is 1.88. The quantitative estimate of drug-likeness (QED) is 0.167. The van der Waals surface area contributed by atoms with E-state index in [-0.39, 0.29) is 11.6 Å². The van der Waals surface area contributed by atoms with Gasteiger partial charge in [-0.3, -0.25) is 4.79 Å². The number of ketones is 1. The minimum atomic E-state index is -4.98. The smallest absolute Gasteiger partial charge is 0.408 e. The van der Waals surface area contributed by atoms with E-state index in [2.05, 4.69) is 17.9 Å². The molecule has 0 saturated heterocycles. The Hall–Kier alpha value is -1.97. The van der Waals surface area contributed by atoms with Crippen LogP contribution in [0.15, 0.2) is 30.3 Å². The number of benzene rings is 2. The number of amides is 1. The van der Waals surface area contributed by atoms with E-state index in [1.807, 2.05) is 0 Å². The number of halogens is 6. The van der Waals surface area contributed by atoms with Crippen LogP contribution in [0.1, 0.15) is 73.1 Å². The molecule has 0 bridgehead atoms. The minimum absolute atomic E-state index is 0.0636. The summed E-state index contributed by atoms with van der Waals surface area (Å²) in [5.74, 6) is -1.88. The Morgan fingerprint density at radius 3 is 2.28 bits per heavy atom. The molecule has 1 N–H and O–H groups in total. The van der Waals surface area contributed by atoms with E-state index in [0.29, 0.717) is 19.3 Å². The summed E-state index contributed by atoms with van der Waals surface area (Å²) < 4.78 is 58.6. The topological polar surface area (TPSA) is 55.4 Å². The fourth-order valence-corrected chi connectivity index (χ4v) is 4.84. The molecule has 2 atom stereocenters. The molecule has 0 aromatic heterocycles. The Kier molecular flexibility index (Phi) is 8.28. The summed E-state index contributed by atoms with van der Waals surface area (Å²) in [7, 11) is 0. The van der Waals surface area contributed by atoms with Crippen LogP contribution in [0.5, 0.6) is 0 Å². The second-order valence-corrected chi connectivity index (χ2v) is 11.3. The van der Waals surface area contributed by atoms with Crippen molar-refractivity contribution in [3.63, 3.8) is 0 Å². The Morgan fingerprint density at radius 2 is 1.72 bits per heavy atom. The molecule has 0 aliphatic heterocycles. The van der Waals surface area contributed by atoms with Crippen molar-refractivity contribution < 1.29 is 31.9 Å². The maximum absolute atomic E-state index is 14.1. The summed E-state index contributed by atoms with van der Waals surface area (Å²) in [6.07, 6.45) is -4.67. The lowest BCUT2D eigenvalue weighted by atomic mass is 9.84. The SMILES string of the molecule is CC(C)(C)OC(=O)NC1CCCc2cc(C(=O)CC(S)(c3cc(Cl)c(F)c(Cl)c3)C(F)(F)F)ccc21. The van der Waals surface area contributed by atoms with Crippen LogP contribution in [0.4, 0.5) is 22.4 Å². The molecule has 11 heteroatoms. The molecule has 0 heterocycles. The van der Waals surface area contributed by atoms with Crippen LogP contribution in [0.2, 0.25) is 10.0 Å². The Bertz CT molecular complexity index is 1160. The Labute approximate surface area is 222 Å². The van der Waals surface area contributed by atoms with Crippen LogP contribution in [-0.4, -0.2) is 23.7 Å². The van der Waals surface area contributed by atoms with Gasteiger partial charge >= 0.3 is 12.3 Å². The van der Waals surface area contributed by atoms with E-state index in [1.54, 1.807) is 26.8 Å². The maximum Gasteiger partial charge on any atom is 0.408 e. The molecule has 2 aromatic carbocycles. The summed E-state index contributed by atoms with van der Waals surface area (Å²) in [6, 6.07) is 5.78. The van der Waals surface area contributed by atoms with Gasteiger partial charge in [-0.2, -0.15) is 25.8 Å². The number of hydrogen-bond donors (Lipinski definition) is 2. The number of hydrogen-bond acceptors (Lipinski definition) is 4. The number of alkyl halides is 3. The van der Waals surface area contributed by atoms with Gasteiger partial charge in [0.05, 0.1) is 16.1 Å². The molecule has 3 rings (SSSR count). The summed E-state index contributed by atoms with van der Waals surface area (Å²) >= 11 is 15.3. The first-order valence-electron chi connectivity index (χ1n) is 11.1. The Morgan fingerprint density at radius 1 is 1.11 bits per heavy atom. The molecule has 4 nitrogen and oxygen atoms in total. The van der Waals surface area contributed by atoms with Crippen molar-refractivity contribution in [3.05, 3.63) is 68.4 Å². The van der Waals surface area contributed by atoms with Gasteiger partial charge in [0.2, 0.25) is 0 Å². The van der Waals surface area contributed by atoms with E-state index in [9.17, 15) is 27.2 Å². The average Bonchev–Trinajstić information content (AvgIpc) is 2.74. The molecule has 196 valence electrons. The van der Waals surface area contributed by atoms with Gasteiger partial charge in [0, 0.05) is 12.0 Å². The molecule has 1 aliphatic rings. The second-order valence-electron chi connectivity index (χ2n) is 9.72. The zero-order chi connectivity index (χ0) is 27.1. The lowest BCUT2D eigenvalue weighted by Gasteiger charge is -2.32. The highest BCUT2D eigenvalue weighted by atomic mass is 35.5. The number of aryl methyl sites for hydroxylation is 1. The van der Waals surface area contributed by atoms with Crippen molar-refractivity contribution in [3.8, 4) is 0 Å². The van der Waals surface area contributed by atoms with Crippen LogP contribution < -0.4 is 5.32 Å². The van der Waals surface area contributed by atoms with Gasteiger partial charge < -0.3 is 10.1 Å². The molecule has 36 heavy (non-hydrogen) atoms. The van der Waals surface area contributed by atoms with Gasteiger partial charge in [0.25, 0.3) is 0 Å². The molecule has 1 aliphatic carbocycles. The summed E-state index contributed by atoms with van der Waals surface area (Å²) in [5, 5.41) is 1.60. The number of nitrogens with one attached hydrogen (secondary N) is 1. The molecule has 2 unspecified atom stereocenters. The first-order valence-corrected chi connectivity index (χ1v) is 12.3. The monoisotopic (exact) mass is 565 g/mol. The summed E-state index contributed by atoms with van der Waals surface area (Å²) in [4.78, 5) is 25.3. The van der Waals surface area contributed by atoms with Crippen LogP contribution in [-0.2, 0) is 15.9 Å². The third kappa shape index (κ3) is 6.29. The molecule has 2 aromatic rings. The van der Waals surface area contributed by atoms with Gasteiger partial charge in [-0.25, -0.2) is 9.18 Å². The lowest BCUT2D eigenvalue weighted by Crippen LogP contribution is -2.39. The number of carbonyl (C=O) groups is 2. The number of thiol groups is 1. The largest absolute Gasteiger partial charge is 0.444 e. The molecule has 0 radical (unpaired) electrons. The standard InChI is InChI=1S/C25H25Cl2F4NO3S/c1-23(2,3)35-22(34)32-19-6-4-5-13-9-14(7-8-16(13)19)20(33)12-24(36,25(29,30)31)15-10-17(26)21(28)18(27)11-15/h7-11,19,36H,4-6,12H2,1-3H3,(H,32,34). The number of ether oxygens (including phenoxy) is 1. The highest BCUT2D eigenvalue weighted by Gasteiger charge is 2.55. The van der Waals surface area contributed by atoms with Gasteiger partial charge in [0.15, 0.2) is 11.6 Å². The molecule has 0 spiro atoms. The van der Waals surface area contributed by atoms with Gasteiger partial charge in [-0.05, 0) is 74.9 Å². The molecule has 0 fully saturated rings. The average molecular weight is 566 g/mol. The molecule has 0 saturated carbocycles. The summed E-state index contributed by atoms with van der Waals surface area (Å²) in [6.45, 7) is 5.24. The van der Waals surface area contributed by atoms with Crippen molar-refractivity contribution in [2.45, 2.75) is 69.0 Å². The molecule has 1 amide bonds. The highest BCUT2D eigenvalue weighted by Crippen LogP contribution is 2.49. The van der Waals surface area contributed by atoms with Crippen LogP contribution in [0.3, 0.4) is 0 Å². The fraction of sp³-hybridized carbons (Fsp3) is 0.440. The van der Waals surface area contributed by atoms with Gasteiger partial charge in [-0.1, -0.05) is 35.3 Å². The lowest BCUT2D eigenvalue weighted by molar-refractivity contribution is -0.160. The second kappa shape index (κ2) is 10.4. The minimum Gasteiger partial charge on any atom is -0.444 e. The summed E-state index contributed by atoms with van der Waals surface area (Å²) in [5.41, 5.74) is 0.372. The van der Waals surface area contributed by atoms with Crippen LogP contribution >= 0.6 is 35.8 Å².